The van der Waals surface area contributed by atoms with Gasteiger partial charge in [-0.1, -0.05) is 45.3 Å². The Bertz CT molecular complexity index is 945. The predicted molar refractivity (Wildman–Crippen MR) is 92.7 cm³/mol. The molecule has 3 aromatic rings. The summed E-state index contributed by atoms with van der Waals surface area (Å²) in [6, 6.07) is 15.0. The van der Waals surface area contributed by atoms with E-state index in [1.54, 1.807) is 12.1 Å². The summed E-state index contributed by atoms with van der Waals surface area (Å²) in [5.74, 6) is 2.34. The highest BCUT2D eigenvalue weighted by Crippen LogP contribution is 2.17. The van der Waals surface area contributed by atoms with Crippen molar-refractivity contribution in [1.29, 1.82) is 0 Å². The van der Waals surface area contributed by atoms with Crippen LogP contribution in [0.4, 0.5) is 0 Å². The average molecular weight is 371 g/mol. The largest absolute Gasteiger partial charge is 0.305 e. The number of hydrogen-bond donors (Lipinski definition) is 0. The SMILES string of the molecule is C#CCn1c(=NC(=O)c2ccc(Br)cc2)sc2ccccc21. The number of nitrogens with zero attached hydrogens (tertiary/aromatic N) is 2. The molecule has 5 heteroatoms. The molecule has 0 aliphatic rings. The normalized spacial score (nSPS) is 11.5. The van der Waals surface area contributed by atoms with E-state index in [1.807, 2.05) is 41.0 Å². The molecule has 0 radical (unpaired) electrons. The predicted octanol–water partition coefficient (Wildman–Crippen LogP) is 3.84. The first-order valence-corrected chi connectivity index (χ1v) is 8.16. The second kappa shape index (κ2) is 6.30. The van der Waals surface area contributed by atoms with Crippen LogP contribution >= 0.6 is 27.3 Å². The van der Waals surface area contributed by atoms with Gasteiger partial charge in [0, 0.05) is 10.0 Å². The molecule has 108 valence electrons. The van der Waals surface area contributed by atoms with Gasteiger partial charge in [-0.15, -0.1) is 6.42 Å². The van der Waals surface area contributed by atoms with E-state index in [0.29, 0.717) is 16.9 Å². The Morgan fingerprint density at radius 2 is 1.95 bits per heavy atom. The number of halogens is 1. The molecule has 0 aliphatic carbocycles. The van der Waals surface area contributed by atoms with Crippen molar-refractivity contribution in [1.82, 2.24) is 4.57 Å². The topological polar surface area (TPSA) is 34.4 Å². The number of carbonyl (C=O) groups excluding carboxylic acids is 1. The van der Waals surface area contributed by atoms with Crippen LogP contribution in [0, 0.1) is 12.3 Å². The van der Waals surface area contributed by atoms with E-state index in [4.69, 9.17) is 6.42 Å². The zero-order valence-electron chi connectivity index (χ0n) is 11.5. The van der Waals surface area contributed by atoms with Crippen molar-refractivity contribution in [2.24, 2.45) is 4.99 Å². The average Bonchev–Trinajstić information content (AvgIpc) is 2.86. The van der Waals surface area contributed by atoms with Crippen LogP contribution in [0.15, 0.2) is 58.0 Å². The number of thiazole rings is 1. The lowest BCUT2D eigenvalue weighted by atomic mass is 10.2. The van der Waals surface area contributed by atoms with Crippen molar-refractivity contribution in [3.05, 3.63) is 63.4 Å². The third-order valence-electron chi connectivity index (χ3n) is 3.13. The number of aromatic nitrogens is 1. The van der Waals surface area contributed by atoms with Gasteiger partial charge in [0.2, 0.25) is 0 Å². The van der Waals surface area contributed by atoms with E-state index < -0.39 is 0 Å². The van der Waals surface area contributed by atoms with Gasteiger partial charge in [0.25, 0.3) is 5.91 Å². The highest BCUT2D eigenvalue weighted by Gasteiger charge is 2.08. The molecule has 0 saturated heterocycles. The van der Waals surface area contributed by atoms with E-state index in [0.717, 1.165) is 14.7 Å². The van der Waals surface area contributed by atoms with Crippen LogP contribution in [-0.4, -0.2) is 10.5 Å². The molecule has 0 spiro atoms. The minimum Gasteiger partial charge on any atom is -0.305 e. The summed E-state index contributed by atoms with van der Waals surface area (Å²) in [5, 5.41) is 0. The summed E-state index contributed by atoms with van der Waals surface area (Å²) in [5.41, 5.74) is 1.54. The Balaban J connectivity index is 2.12. The lowest BCUT2D eigenvalue weighted by molar-refractivity contribution is 0.0998. The van der Waals surface area contributed by atoms with Crippen LogP contribution in [0.25, 0.3) is 10.2 Å². The molecule has 0 fully saturated rings. The summed E-state index contributed by atoms with van der Waals surface area (Å²) in [6.45, 7) is 0.385. The molecular formula is C17H11BrN2OS. The molecule has 0 unspecified atom stereocenters. The van der Waals surface area contributed by atoms with Gasteiger partial charge in [-0.3, -0.25) is 4.79 Å². The van der Waals surface area contributed by atoms with Gasteiger partial charge >= 0.3 is 0 Å². The molecular weight excluding hydrogens is 360 g/mol. The fourth-order valence-corrected chi connectivity index (χ4v) is 3.39. The quantitative estimate of drug-likeness (QED) is 0.631. The summed E-state index contributed by atoms with van der Waals surface area (Å²) in [7, 11) is 0. The van der Waals surface area contributed by atoms with Crippen LogP contribution < -0.4 is 4.80 Å². The molecule has 0 saturated carbocycles. The van der Waals surface area contributed by atoms with E-state index >= 15 is 0 Å². The molecule has 0 aliphatic heterocycles. The van der Waals surface area contributed by atoms with Crippen LogP contribution in [0.3, 0.4) is 0 Å². The molecule has 3 rings (SSSR count). The number of amides is 1. The molecule has 3 nitrogen and oxygen atoms in total. The number of fused-ring (bicyclic) bond motifs is 1. The van der Waals surface area contributed by atoms with Gasteiger partial charge in [-0.05, 0) is 36.4 Å². The first-order valence-electron chi connectivity index (χ1n) is 6.55. The fourth-order valence-electron chi connectivity index (χ4n) is 2.09. The van der Waals surface area contributed by atoms with Crippen molar-refractivity contribution in [2.75, 3.05) is 0 Å². The van der Waals surface area contributed by atoms with Crippen LogP contribution in [-0.2, 0) is 6.54 Å². The molecule has 1 aromatic heterocycles. The van der Waals surface area contributed by atoms with Gasteiger partial charge in [-0.25, -0.2) is 0 Å². The maximum atomic E-state index is 12.3. The van der Waals surface area contributed by atoms with E-state index in [1.165, 1.54) is 11.3 Å². The standard InChI is InChI=1S/C17H11BrN2OS/c1-2-11-20-14-5-3-4-6-15(14)22-17(20)19-16(21)12-7-9-13(18)10-8-12/h1,3-10H,11H2. The van der Waals surface area contributed by atoms with Crippen LogP contribution in [0.2, 0.25) is 0 Å². The number of benzene rings is 2. The van der Waals surface area contributed by atoms with Gasteiger partial charge in [-0.2, -0.15) is 4.99 Å². The molecule has 0 bridgehead atoms. The Morgan fingerprint density at radius 3 is 2.68 bits per heavy atom. The Hall–Kier alpha value is -2.16. The molecule has 1 amide bonds. The van der Waals surface area contributed by atoms with Gasteiger partial charge in [0.1, 0.15) is 0 Å². The van der Waals surface area contributed by atoms with E-state index in [2.05, 4.69) is 26.8 Å². The van der Waals surface area contributed by atoms with Gasteiger partial charge in [0.05, 0.1) is 16.8 Å². The number of para-hydroxylation sites is 1. The van der Waals surface area contributed by atoms with Crippen molar-refractivity contribution in [3.63, 3.8) is 0 Å². The third-order valence-corrected chi connectivity index (χ3v) is 4.71. The first kappa shape index (κ1) is 14.8. The molecule has 0 atom stereocenters. The Morgan fingerprint density at radius 1 is 1.23 bits per heavy atom. The third kappa shape index (κ3) is 2.89. The van der Waals surface area contributed by atoms with Crippen molar-refractivity contribution in [2.45, 2.75) is 6.54 Å². The zero-order valence-corrected chi connectivity index (χ0v) is 13.9. The smallest absolute Gasteiger partial charge is 0.279 e. The molecule has 0 N–H and O–H groups in total. The maximum Gasteiger partial charge on any atom is 0.279 e. The highest BCUT2D eigenvalue weighted by atomic mass is 79.9. The summed E-state index contributed by atoms with van der Waals surface area (Å²) in [4.78, 5) is 17.2. The summed E-state index contributed by atoms with van der Waals surface area (Å²) < 4.78 is 3.87. The molecule has 1 heterocycles. The highest BCUT2D eigenvalue weighted by molar-refractivity contribution is 9.10. The Labute approximate surface area is 140 Å². The molecule has 2 aromatic carbocycles. The van der Waals surface area contributed by atoms with Gasteiger partial charge in [0.15, 0.2) is 4.80 Å². The number of rotatable bonds is 2. The minimum atomic E-state index is -0.273. The Kier molecular flexibility index (Phi) is 4.23. The fraction of sp³-hybridized carbons (Fsp3) is 0.0588. The number of carbonyl (C=O) groups is 1. The minimum absolute atomic E-state index is 0.273. The first-order chi connectivity index (χ1) is 10.7. The van der Waals surface area contributed by atoms with Crippen LogP contribution in [0.5, 0.6) is 0 Å². The van der Waals surface area contributed by atoms with E-state index in [9.17, 15) is 4.79 Å². The van der Waals surface area contributed by atoms with E-state index in [-0.39, 0.29) is 5.91 Å². The lowest BCUT2D eigenvalue weighted by Gasteiger charge is -1.99. The lowest BCUT2D eigenvalue weighted by Crippen LogP contribution is -2.16. The van der Waals surface area contributed by atoms with Crippen molar-refractivity contribution >= 4 is 43.4 Å². The van der Waals surface area contributed by atoms with Crippen LogP contribution in [0.1, 0.15) is 10.4 Å². The monoisotopic (exact) mass is 370 g/mol. The summed E-state index contributed by atoms with van der Waals surface area (Å²) >= 11 is 4.81. The molecule has 22 heavy (non-hydrogen) atoms. The van der Waals surface area contributed by atoms with Crippen molar-refractivity contribution in [3.8, 4) is 12.3 Å². The van der Waals surface area contributed by atoms with Gasteiger partial charge < -0.3 is 4.57 Å². The second-order valence-electron chi connectivity index (χ2n) is 4.57. The van der Waals surface area contributed by atoms with Crippen molar-refractivity contribution < 1.29 is 4.79 Å². The maximum absolute atomic E-state index is 12.3. The number of terminal acetylenes is 1. The summed E-state index contributed by atoms with van der Waals surface area (Å²) in [6.07, 6.45) is 5.44. The second-order valence-corrected chi connectivity index (χ2v) is 6.49. The zero-order chi connectivity index (χ0) is 15.5. The number of hydrogen-bond acceptors (Lipinski definition) is 2.